The highest BCUT2D eigenvalue weighted by Crippen LogP contribution is 2.23. The van der Waals surface area contributed by atoms with Gasteiger partial charge in [-0.15, -0.1) is 0 Å². The normalized spacial score (nSPS) is 11.6. The van der Waals surface area contributed by atoms with E-state index in [0.717, 1.165) is 41.5 Å². The van der Waals surface area contributed by atoms with Crippen molar-refractivity contribution in [2.75, 3.05) is 14.2 Å². The molecule has 0 spiro atoms. The van der Waals surface area contributed by atoms with Crippen LogP contribution in [0.2, 0.25) is 0 Å². The zero-order valence-corrected chi connectivity index (χ0v) is 19.9. The highest BCUT2D eigenvalue weighted by atomic mass is 16.5. The number of nitrogens with zero attached hydrogens (tertiary/aromatic N) is 1. The molecule has 2 aromatic rings. The first kappa shape index (κ1) is 26.1. The molecule has 0 aliphatic rings. The molecule has 1 atom stereocenters. The standard InChI is InChI=1S/C27H35NO5/c1-4-5-6-7-11-25(29)28(2)19-21-9-8-10-23(17-21)22-14-12-20(13-15-22)16-24(27(31)32)18-26(30)33-3/h8-10,12-15,17,24H,4-7,11,16,18-19H2,1-3H3,(H,31,32). The highest BCUT2D eigenvalue weighted by Gasteiger charge is 2.22. The van der Waals surface area contributed by atoms with Gasteiger partial charge in [0.2, 0.25) is 5.91 Å². The minimum Gasteiger partial charge on any atom is -0.481 e. The van der Waals surface area contributed by atoms with Gasteiger partial charge in [-0.2, -0.15) is 0 Å². The minimum atomic E-state index is -1.01. The molecule has 33 heavy (non-hydrogen) atoms. The molecule has 0 heterocycles. The maximum Gasteiger partial charge on any atom is 0.307 e. The first-order valence-corrected chi connectivity index (χ1v) is 11.6. The lowest BCUT2D eigenvalue weighted by Crippen LogP contribution is -2.25. The average molecular weight is 454 g/mol. The third-order valence-electron chi connectivity index (χ3n) is 5.78. The first-order valence-electron chi connectivity index (χ1n) is 11.6. The average Bonchev–Trinajstić information content (AvgIpc) is 2.81. The molecule has 0 radical (unpaired) electrons. The number of rotatable bonds is 13. The maximum absolute atomic E-state index is 12.4. The van der Waals surface area contributed by atoms with Crippen LogP contribution >= 0.6 is 0 Å². The van der Waals surface area contributed by atoms with Crippen molar-refractivity contribution in [3.63, 3.8) is 0 Å². The summed E-state index contributed by atoms with van der Waals surface area (Å²) in [7, 11) is 3.10. The Bertz CT molecular complexity index is 922. The van der Waals surface area contributed by atoms with Crippen molar-refractivity contribution < 1.29 is 24.2 Å². The van der Waals surface area contributed by atoms with Gasteiger partial charge in [-0.05, 0) is 41.2 Å². The zero-order chi connectivity index (χ0) is 24.2. The number of carboxylic acid groups (broad SMARTS) is 1. The van der Waals surface area contributed by atoms with Crippen molar-refractivity contribution in [1.29, 1.82) is 0 Å². The van der Waals surface area contributed by atoms with Crippen molar-refractivity contribution >= 4 is 17.8 Å². The van der Waals surface area contributed by atoms with Crippen LogP contribution in [0.15, 0.2) is 48.5 Å². The monoisotopic (exact) mass is 453 g/mol. The molecule has 6 nitrogen and oxygen atoms in total. The van der Waals surface area contributed by atoms with Crippen molar-refractivity contribution in [3.05, 3.63) is 59.7 Å². The predicted molar refractivity (Wildman–Crippen MR) is 129 cm³/mol. The number of unbranched alkanes of at least 4 members (excludes halogenated alkanes) is 3. The Labute approximate surface area is 196 Å². The summed E-state index contributed by atoms with van der Waals surface area (Å²) in [6.07, 6.45) is 5.05. The highest BCUT2D eigenvalue weighted by molar-refractivity contribution is 5.79. The Morgan fingerprint density at radius 2 is 1.70 bits per heavy atom. The number of methoxy groups -OCH3 is 1. The lowest BCUT2D eigenvalue weighted by atomic mass is 9.94. The smallest absolute Gasteiger partial charge is 0.307 e. The SMILES string of the molecule is CCCCCCC(=O)N(C)Cc1cccc(-c2ccc(CC(CC(=O)OC)C(=O)O)cc2)c1. The summed E-state index contributed by atoms with van der Waals surface area (Å²) in [5.74, 6) is -2.19. The van der Waals surface area contributed by atoms with Crippen LogP contribution in [0.5, 0.6) is 0 Å². The summed E-state index contributed by atoms with van der Waals surface area (Å²) in [6, 6.07) is 15.8. The summed E-state index contributed by atoms with van der Waals surface area (Å²) < 4.78 is 4.60. The van der Waals surface area contributed by atoms with Gasteiger partial charge in [0.1, 0.15) is 0 Å². The molecule has 0 aliphatic heterocycles. The number of carboxylic acids is 1. The molecule has 1 unspecified atom stereocenters. The number of hydrogen-bond donors (Lipinski definition) is 1. The second kappa shape index (κ2) is 13.4. The molecule has 1 amide bonds. The topological polar surface area (TPSA) is 83.9 Å². The van der Waals surface area contributed by atoms with Crippen molar-refractivity contribution in [3.8, 4) is 11.1 Å². The fourth-order valence-corrected chi connectivity index (χ4v) is 3.75. The molecule has 1 N–H and O–H groups in total. The quantitative estimate of drug-likeness (QED) is 0.337. The maximum atomic E-state index is 12.4. The van der Waals surface area contributed by atoms with Crippen LogP contribution in [0.1, 0.15) is 56.6 Å². The van der Waals surface area contributed by atoms with E-state index in [9.17, 15) is 19.5 Å². The summed E-state index contributed by atoms with van der Waals surface area (Å²) in [4.78, 5) is 37.1. The van der Waals surface area contributed by atoms with Gasteiger partial charge in [0, 0.05) is 20.0 Å². The van der Waals surface area contributed by atoms with E-state index < -0.39 is 17.9 Å². The molecule has 0 saturated heterocycles. The van der Waals surface area contributed by atoms with Gasteiger partial charge < -0.3 is 14.7 Å². The van der Waals surface area contributed by atoms with Gasteiger partial charge in [-0.3, -0.25) is 14.4 Å². The Morgan fingerprint density at radius 1 is 0.970 bits per heavy atom. The summed E-state index contributed by atoms with van der Waals surface area (Å²) in [5.41, 5.74) is 3.95. The van der Waals surface area contributed by atoms with E-state index >= 15 is 0 Å². The third kappa shape index (κ3) is 8.72. The van der Waals surface area contributed by atoms with Gasteiger partial charge in [0.25, 0.3) is 0 Å². The van der Waals surface area contributed by atoms with Crippen molar-refractivity contribution in [2.45, 2.75) is 58.4 Å². The van der Waals surface area contributed by atoms with Crippen LogP contribution in [0.25, 0.3) is 11.1 Å². The van der Waals surface area contributed by atoms with Gasteiger partial charge in [0.15, 0.2) is 0 Å². The summed E-state index contributed by atoms with van der Waals surface area (Å²) in [6.45, 7) is 2.72. The molecule has 2 rings (SSSR count). The molecule has 0 aliphatic carbocycles. The molecular weight excluding hydrogens is 418 g/mol. The van der Waals surface area contributed by atoms with E-state index in [1.807, 2.05) is 49.5 Å². The molecular formula is C27H35NO5. The number of ether oxygens (including phenoxy) is 1. The Hall–Kier alpha value is -3.15. The lowest BCUT2D eigenvalue weighted by Gasteiger charge is -2.18. The van der Waals surface area contributed by atoms with Crippen LogP contribution in [-0.2, 0) is 32.1 Å². The molecule has 178 valence electrons. The number of amides is 1. The lowest BCUT2D eigenvalue weighted by molar-refractivity contribution is -0.149. The zero-order valence-electron chi connectivity index (χ0n) is 19.9. The Morgan fingerprint density at radius 3 is 2.33 bits per heavy atom. The van der Waals surface area contributed by atoms with Crippen LogP contribution in [0.4, 0.5) is 0 Å². The summed E-state index contributed by atoms with van der Waals surface area (Å²) in [5, 5.41) is 9.39. The molecule has 0 aromatic heterocycles. The fraction of sp³-hybridized carbons (Fsp3) is 0.444. The minimum absolute atomic E-state index is 0.152. The summed E-state index contributed by atoms with van der Waals surface area (Å²) >= 11 is 0. The van der Waals surface area contributed by atoms with Gasteiger partial charge in [-0.25, -0.2) is 0 Å². The van der Waals surface area contributed by atoms with Gasteiger partial charge in [-0.1, -0.05) is 68.7 Å². The Kier molecular flexibility index (Phi) is 10.6. The second-order valence-corrected chi connectivity index (χ2v) is 8.48. The third-order valence-corrected chi connectivity index (χ3v) is 5.78. The predicted octanol–water partition coefficient (Wildman–Crippen LogP) is 5.09. The molecule has 0 saturated carbocycles. The second-order valence-electron chi connectivity index (χ2n) is 8.48. The van der Waals surface area contributed by atoms with E-state index in [2.05, 4.69) is 17.7 Å². The van der Waals surface area contributed by atoms with Crippen LogP contribution in [-0.4, -0.2) is 42.0 Å². The van der Waals surface area contributed by atoms with E-state index in [-0.39, 0.29) is 18.7 Å². The Balaban J connectivity index is 2.01. The fourth-order valence-electron chi connectivity index (χ4n) is 3.75. The van der Waals surface area contributed by atoms with E-state index in [1.54, 1.807) is 4.90 Å². The number of carbonyl (C=O) groups excluding carboxylic acids is 2. The van der Waals surface area contributed by atoms with Gasteiger partial charge >= 0.3 is 11.9 Å². The largest absolute Gasteiger partial charge is 0.481 e. The van der Waals surface area contributed by atoms with E-state index in [4.69, 9.17) is 0 Å². The number of aliphatic carboxylic acids is 1. The molecule has 6 heteroatoms. The molecule has 0 fully saturated rings. The van der Waals surface area contributed by atoms with E-state index in [1.165, 1.54) is 13.5 Å². The number of carbonyl (C=O) groups is 3. The molecule has 0 bridgehead atoms. The first-order chi connectivity index (χ1) is 15.8. The van der Waals surface area contributed by atoms with E-state index in [0.29, 0.717) is 13.0 Å². The number of hydrogen-bond acceptors (Lipinski definition) is 4. The van der Waals surface area contributed by atoms with Crippen molar-refractivity contribution in [2.24, 2.45) is 5.92 Å². The van der Waals surface area contributed by atoms with Crippen LogP contribution in [0.3, 0.4) is 0 Å². The van der Waals surface area contributed by atoms with Gasteiger partial charge in [0.05, 0.1) is 19.4 Å². The molecule has 2 aromatic carbocycles. The van der Waals surface area contributed by atoms with Crippen LogP contribution in [0, 0.1) is 5.92 Å². The number of benzene rings is 2. The van der Waals surface area contributed by atoms with Crippen LogP contribution < -0.4 is 0 Å². The number of esters is 1. The van der Waals surface area contributed by atoms with Crippen molar-refractivity contribution in [1.82, 2.24) is 4.90 Å².